The number of amides is 1. The molecule has 25 heavy (non-hydrogen) atoms. The molecule has 1 aliphatic rings. The molecular formula is C17H20N4O3S. The lowest BCUT2D eigenvalue weighted by atomic mass is 10.2. The number of piperazine rings is 1. The minimum absolute atomic E-state index is 0.225. The molecule has 0 atom stereocenters. The molecule has 1 aromatic heterocycles. The van der Waals surface area contributed by atoms with Crippen LogP contribution in [0, 0.1) is 13.8 Å². The SMILES string of the molecule is Cc1ccc(S(=O)(=O)N2CCN(C(=O)c3cnccn3)CC2)c(C)c1. The van der Waals surface area contributed by atoms with Crippen LogP contribution in [0.5, 0.6) is 0 Å². The first-order valence-electron chi connectivity index (χ1n) is 8.02. The van der Waals surface area contributed by atoms with Gasteiger partial charge in [0.25, 0.3) is 5.91 Å². The third-order valence-corrected chi connectivity index (χ3v) is 6.32. The van der Waals surface area contributed by atoms with Crippen LogP contribution in [-0.2, 0) is 10.0 Å². The van der Waals surface area contributed by atoms with Crippen molar-refractivity contribution in [3.05, 3.63) is 53.6 Å². The van der Waals surface area contributed by atoms with E-state index in [1.807, 2.05) is 13.0 Å². The summed E-state index contributed by atoms with van der Waals surface area (Å²) in [5.74, 6) is -0.225. The van der Waals surface area contributed by atoms with E-state index in [0.717, 1.165) is 11.1 Å². The lowest BCUT2D eigenvalue weighted by Crippen LogP contribution is -2.50. The zero-order valence-corrected chi connectivity index (χ0v) is 15.0. The summed E-state index contributed by atoms with van der Waals surface area (Å²) in [6, 6.07) is 5.31. The second kappa shape index (κ2) is 6.89. The van der Waals surface area contributed by atoms with Crippen LogP contribution in [0.2, 0.25) is 0 Å². The molecule has 0 bridgehead atoms. The van der Waals surface area contributed by atoms with Crippen molar-refractivity contribution in [2.24, 2.45) is 0 Å². The molecule has 2 aromatic rings. The molecule has 1 amide bonds. The number of hydrogen-bond acceptors (Lipinski definition) is 5. The smallest absolute Gasteiger partial charge is 0.274 e. The molecule has 1 saturated heterocycles. The molecule has 0 saturated carbocycles. The van der Waals surface area contributed by atoms with Crippen LogP contribution < -0.4 is 0 Å². The topological polar surface area (TPSA) is 83.5 Å². The maximum absolute atomic E-state index is 12.9. The van der Waals surface area contributed by atoms with E-state index < -0.39 is 10.0 Å². The van der Waals surface area contributed by atoms with Crippen molar-refractivity contribution in [2.75, 3.05) is 26.2 Å². The van der Waals surface area contributed by atoms with Gasteiger partial charge in [0.15, 0.2) is 0 Å². The molecule has 1 aliphatic heterocycles. The van der Waals surface area contributed by atoms with E-state index in [1.54, 1.807) is 24.0 Å². The Bertz CT molecular complexity index is 876. The van der Waals surface area contributed by atoms with Crippen LogP contribution in [0.4, 0.5) is 0 Å². The Morgan fingerprint density at radius 3 is 2.40 bits per heavy atom. The van der Waals surface area contributed by atoms with Gasteiger partial charge in [0.05, 0.1) is 11.1 Å². The molecule has 1 fully saturated rings. The molecule has 1 aromatic carbocycles. The average Bonchev–Trinajstić information content (AvgIpc) is 2.61. The lowest BCUT2D eigenvalue weighted by molar-refractivity contribution is 0.0691. The van der Waals surface area contributed by atoms with Gasteiger partial charge in [-0.2, -0.15) is 4.31 Å². The summed E-state index contributed by atoms with van der Waals surface area (Å²) >= 11 is 0. The molecule has 0 radical (unpaired) electrons. The van der Waals surface area contributed by atoms with Crippen LogP contribution in [0.15, 0.2) is 41.7 Å². The summed E-state index contributed by atoms with van der Waals surface area (Å²) in [4.78, 5) is 22.2. The summed E-state index contributed by atoms with van der Waals surface area (Å²) in [7, 11) is -3.56. The largest absolute Gasteiger partial charge is 0.335 e. The Morgan fingerprint density at radius 1 is 1.08 bits per heavy atom. The van der Waals surface area contributed by atoms with E-state index in [-0.39, 0.29) is 24.7 Å². The Hall–Kier alpha value is -2.32. The highest BCUT2D eigenvalue weighted by molar-refractivity contribution is 7.89. The highest BCUT2D eigenvalue weighted by Gasteiger charge is 2.31. The molecular weight excluding hydrogens is 340 g/mol. The fourth-order valence-corrected chi connectivity index (χ4v) is 4.56. The van der Waals surface area contributed by atoms with Gasteiger partial charge in [0, 0.05) is 38.6 Å². The molecule has 0 unspecified atom stereocenters. The second-order valence-corrected chi connectivity index (χ2v) is 7.96. The highest BCUT2D eigenvalue weighted by atomic mass is 32.2. The summed E-state index contributed by atoms with van der Waals surface area (Å²) < 4.78 is 27.2. The maximum Gasteiger partial charge on any atom is 0.274 e. The van der Waals surface area contributed by atoms with Crippen LogP contribution in [0.1, 0.15) is 21.6 Å². The number of rotatable bonds is 3. The zero-order valence-electron chi connectivity index (χ0n) is 14.2. The number of aryl methyl sites for hydroxylation is 2. The molecule has 0 aliphatic carbocycles. The molecule has 132 valence electrons. The van der Waals surface area contributed by atoms with E-state index in [9.17, 15) is 13.2 Å². The van der Waals surface area contributed by atoms with Gasteiger partial charge in [-0.3, -0.25) is 9.78 Å². The standard InChI is InChI=1S/C17H20N4O3S/c1-13-3-4-16(14(2)11-13)25(23,24)21-9-7-20(8-10-21)17(22)15-12-18-5-6-19-15/h3-6,11-12H,7-10H2,1-2H3. The van der Waals surface area contributed by atoms with Gasteiger partial charge in [-0.05, 0) is 25.5 Å². The van der Waals surface area contributed by atoms with Gasteiger partial charge < -0.3 is 4.90 Å². The van der Waals surface area contributed by atoms with Crippen LogP contribution in [0.25, 0.3) is 0 Å². The quantitative estimate of drug-likeness (QED) is 0.822. The normalized spacial score (nSPS) is 16.0. The predicted molar refractivity (Wildman–Crippen MR) is 92.6 cm³/mol. The first kappa shape index (κ1) is 17.5. The summed E-state index contributed by atoms with van der Waals surface area (Å²) in [5.41, 5.74) is 2.03. The molecule has 0 N–H and O–H groups in total. The van der Waals surface area contributed by atoms with Gasteiger partial charge in [-0.15, -0.1) is 0 Å². The number of nitrogens with zero attached hydrogens (tertiary/aromatic N) is 4. The van der Waals surface area contributed by atoms with Gasteiger partial charge in [0.2, 0.25) is 10.0 Å². The van der Waals surface area contributed by atoms with Crippen molar-refractivity contribution in [2.45, 2.75) is 18.7 Å². The van der Waals surface area contributed by atoms with Gasteiger partial charge in [-0.1, -0.05) is 17.7 Å². The number of benzene rings is 1. The van der Waals surface area contributed by atoms with Gasteiger partial charge in [0.1, 0.15) is 5.69 Å². The van der Waals surface area contributed by atoms with Crippen LogP contribution >= 0.6 is 0 Å². The van der Waals surface area contributed by atoms with Gasteiger partial charge in [-0.25, -0.2) is 13.4 Å². The first-order valence-corrected chi connectivity index (χ1v) is 9.46. The van der Waals surface area contributed by atoms with E-state index in [0.29, 0.717) is 18.0 Å². The van der Waals surface area contributed by atoms with Crippen molar-refractivity contribution < 1.29 is 13.2 Å². The van der Waals surface area contributed by atoms with Crippen molar-refractivity contribution in [3.63, 3.8) is 0 Å². The number of carbonyl (C=O) groups is 1. The summed E-state index contributed by atoms with van der Waals surface area (Å²) in [5, 5.41) is 0. The Kier molecular flexibility index (Phi) is 4.82. The zero-order chi connectivity index (χ0) is 18.0. The minimum Gasteiger partial charge on any atom is -0.335 e. The van der Waals surface area contributed by atoms with E-state index in [1.165, 1.54) is 22.9 Å². The third kappa shape index (κ3) is 3.54. The van der Waals surface area contributed by atoms with Gasteiger partial charge >= 0.3 is 0 Å². The Morgan fingerprint density at radius 2 is 1.80 bits per heavy atom. The molecule has 7 nitrogen and oxygen atoms in total. The summed E-state index contributed by atoms with van der Waals surface area (Å²) in [6.07, 6.45) is 4.39. The summed E-state index contributed by atoms with van der Waals surface area (Å²) in [6.45, 7) is 4.93. The maximum atomic E-state index is 12.9. The number of aromatic nitrogens is 2. The lowest BCUT2D eigenvalue weighted by Gasteiger charge is -2.34. The predicted octanol–water partition coefficient (Wildman–Crippen LogP) is 1.24. The third-order valence-electron chi connectivity index (χ3n) is 4.26. The van der Waals surface area contributed by atoms with Crippen molar-refractivity contribution >= 4 is 15.9 Å². The molecule has 3 rings (SSSR count). The van der Waals surface area contributed by atoms with Crippen molar-refractivity contribution in [3.8, 4) is 0 Å². The van der Waals surface area contributed by atoms with Crippen LogP contribution in [0.3, 0.4) is 0 Å². The van der Waals surface area contributed by atoms with Crippen LogP contribution in [-0.4, -0.2) is 59.7 Å². The first-order chi connectivity index (χ1) is 11.9. The highest BCUT2D eigenvalue weighted by Crippen LogP contribution is 2.22. The number of hydrogen-bond donors (Lipinski definition) is 0. The fraction of sp³-hybridized carbons (Fsp3) is 0.353. The monoisotopic (exact) mass is 360 g/mol. The fourth-order valence-electron chi connectivity index (χ4n) is 2.93. The van der Waals surface area contributed by atoms with E-state index in [4.69, 9.17) is 0 Å². The minimum atomic E-state index is -3.56. The van der Waals surface area contributed by atoms with Crippen molar-refractivity contribution in [1.29, 1.82) is 0 Å². The Balaban J connectivity index is 1.72. The number of sulfonamides is 1. The molecule has 0 spiro atoms. The molecule has 2 heterocycles. The van der Waals surface area contributed by atoms with Crippen molar-refractivity contribution in [1.82, 2.24) is 19.2 Å². The average molecular weight is 360 g/mol. The number of carbonyl (C=O) groups excluding carboxylic acids is 1. The molecule has 8 heteroatoms. The second-order valence-electron chi connectivity index (χ2n) is 6.06. The van der Waals surface area contributed by atoms with E-state index >= 15 is 0 Å². The van der Waals surface area contributed by atoms with E-state index in [2.05, 4.69) is 9.97 Å². The Labute approximate surface area is 147 Å².